The summed E-state index contributed by atoms with van der Waals surface area (Å²) in [5.74, 6) is -0.458. The number of amides is 2. The van der Waals surface area contributed by atoms with Crippen LogP contribution in [-0.2, 0) is 26.0 Å². The molecular weight excluding hydrogens is 366 g/mol. The van der Waals surface area contributed by atoms with Gasteiger partial charge in [-0.15, -0.1) is 0 Å². The monoisotopic (exact) mass is 389 g/mol. The van der Waals surface area contributed by atoms with Gasteiger partial charge in [-0.05, 0) is 30.2 Å². The minimum absolute atomic E-state index is 0.0622. The fraction of sp³-hybridized carbons (Fsp3) is 0.263. The lowest BCUT2D eigenvalue weighted by molar-refractivity contribution is -0.120. The van der Waals surface area contributed by atoms with E-state index in [1.807, 2.05) is 30.3 Å². The SMILES string of the molecule is CC(=O)Nc1ccc(C)c(S(=O)(=O)NCCNC(=O)Cc2ccccc2)c1. The van der Waals surface area contributed by atoms with Crippen LogP contribution in [-0.4, -0.2) is 33.3 Å². The summed E-state index contributed by atoms with van der Waals surface area (Å²) in [7, 11) is -3.76. The Morgan fingerprint density at radius 2 is 1.70 bits per heavy atom. The van der Waals surface area contributed by atoms with E-state index >= 15 is 0 Å². The van der Waals surface area contributed by atoms with Crippen molar-refractivity contribution < 1.29 is 18.0 Å². The highest BCUT2D eigenvalue weighted by molar-refractivity contribution is 7.89. The van der Waals surface area contributed by atoms with Gasteiger partial charge in [0.2, 0.25) is 21.8 Å². The molecule has 0 saturated heterocycles. The molecule has 0 heterocycles. The first-order valence-electron chi connectivity index (χ1n) is 8.46. The van der Waals surface area contributed by atoms with Gasteiger partial charge in [-0.3, -0.25) is 9.59 Å². The van der Waals surface area contributed by atoms with Gasteiger partial charge in [0.1, 0.15) is 0 Å². The molecule has 0 radical (unpaired) electrons. The third kappa shape index (κ3) is 6.50. The number of sulfonamides is 1. The number of aryl methyl sites for hydroxylation is 1. The molecule has 0 aliphatic heterocycles. The Morgan fingerprint density at radius 1 is 1.00 bits per heavy atom. The second-order valence-electron chi connectivity index (χ2n) is 6.07. The van der Waals surface area contributed by atoms with Gasteiger partial charge in [0.25, 0.3) is 0 Å². The summed E-state index contributed by atoms with van der Waals surface area (Å²) in [6.07, 6.45) is 0.242. The first kappa shape index (κ1) is 20.6. The quantitative estimate of drug-likeness (QED) is 0.596. The van der Waals surface area contributed by atoms with Gasteiger partial charge in [-0.2, -0.15) is 0 Å². The first-order chi connectivity index (χ1) is 12.8. The Bertz CT molecular complexity index is 912. The van der Waals surface area contributed by atoms with E-state index in [-0.39, 0.29) is 36.2 Å². The molecule has 0 unspecified atom stereocenters. The molecule has 0 aromatic heterocycles. The zero-order valence-corrected chi connectivity index (χ0v) is 16.1. The zero-order chi connectivity index (χ0) is 19.9. The lowest BCUT2D eigenvalue weighted by atomic mass is 10.1. The van der Waals surface area contributed by atoms with E-state index in [0.29, 0.717) is 11.3 Å². The zero-order valence-electron chi connectivity index (χ0n) is 15.3. The number of hydrogen-bond donors (Lipinski definition) is 3. The number of benzene rings is 2. The van der Waals surface area contributed by atoms with E-state index in [4.69, 9.17) is 0 Å². The van der Waals surface area contributed by atoms with Crippen LogP contribution in [0.2, 0.25) is 0 Å². The average Bonchev–Trinajstić information content (AvgIpc) is 2.61. The highest BCUT2D eigenvalue weighted by Crippen LogP contribution is 2.20. The maximum atomic E-state index is 12.5. The molecule has 2 aromatic rings. The molecule has 0 spiro atoms. The molecule has 3 N–H and O–H groups in total. The maximum absolute atomic E-state index is 12.5. The highest BCUT2D eigenvalue weighted by atomic mass is 32.2. The minimum Gasteiger partial charge on any atom is -0.355 e. The number of hydrogen-bond acceptors (Lipinski definition) is 4. The van der Waals surface area contributed by atoms with Crippen LogP contribution >= 0.6 is 0 Å². The predicted octanol–water partition coefficient (Wildman–Crippen LogP) is 1.59. The third-order valence-electron chi connectivity index (χ3n) is 3.74. The van der Waals surface area contributed by atoms with Crippen LogP contribution in [0.4, 0.5) is 5.69 Å². The Hall–Kier alpha value is -2.71. The summed E-state index contributed by atoms with van der Waals surface area (Å²) in [5, 5.41) is 5.25. The summed E-state index contributed by atoms with van der Waals surface area (Å²) < 4.78 is 27.4. The van der Waals surface area contributed by atoms with Crippen LogP contribution in [0.1, 0.15) is 18.1 Å². The van der Waals surface area contributed by atoms with Gasteiger partial charge in [-0.25, -0.2) is 13.1 Å². The highest BCUT2D eigenvalue weighted by Gasteiger charge is 2.17. The van der Waals surface area contributed by atoms with Crippen LogP contribution in [0.3, 0.4) is 0 Å². The molecule has 8 heteroatoms. The molecule has 0 saturated carbocycles. The Balaban J connectivity index is 1.89. The average molecular weight is 389 g/mol. The first-order valence-corrected chi connectivity index (χ1v) is 9.95. The fourth-order valence-electron chi connectivity index (χ4n) is 2.48. The van der Waals surface area contributed by atoms with Crippen molar-refractivity contribution in [1.82, 2.24) is 10.0 Å². The summed E-state index contributed by atoms with van der Waals surface area (Å²) >= 11 is 0. The van der Waals surface area contributed by atoms with E-state index in [9.17, 15) is 18.0 Å². The van der Waals surface area contributed by atoms with Crippen molar-refractivity contribution in [2.75, 3.05) is 18.4 Å². The van der Waals surface area contributed by atoms with Crippen LogP contribution in [0.5, 0.6) is 0 Å². The van der Waals surface area contributed by atoms with Crippen molar-refractivity contribution in [2.24, 2.45) is 0 Å². The lowest BCUT2D eigenvalue weighted by Gasteiger charge is -2.12. The van der Waals surface area contributed by atoms with Crippen LogP contribution in [0, 0.1) is 6.92 Å². The van der Waals surface area contributed by atoms with Crippen LogP contribution in [0.15, 0.2) is 53.4 Å². The number of nitrogens with one attached hydrogen (secondary N) is 3. The number of rotatable bonds is 8. The van der Waals surface area contributed by atoms with E-state index in [2.05, 4.69) is 15.4 Å². The van der Waals surface area contributed by atoms with Gasteiger partial charge in [-0.1, -0.05) is 36.4 Å². The van der Waals surface area contributed by atoms with Crippen molar-refractivity contribution in [3.63, 3.8) is 0 Å². The molecule has 2 rings (SSSR count). The molecule has 7 nitrogen and oxygen atoms in total. The Morgan fingerprint density at radius 3 is 2.37 bits per heavy atom. The minimum atomic E-state index is -3.76. The third-order valence-corrected chi connectivity index (χ3v) is 5.35. The normalized spacial score (nSPS) is 11.0. The summed E-state index contributed by atoms with van der Waals surface area (Å²) in [5.41, 5.74) is 1.86. The predicted molar refractivity (Wildman–Crippen MR) is 104 cm³/mol. The van der Waals surface area contributed by atoms with Crippen molar-refractivity contribution >= 4 is 27.5 Å². The van der Waals surface area contributed by atoms with E-state index < -0.39 is 10.0 Å². The van der Waals surface area contributed by atoms with Crippen molar-refractivity contribution in [1.29, 1.82) is 0 Å². The number of carbonyl (C=O) groups excluding carboxylic acids is 2. The topological polar surface area (TPSA) is 104 Å². The van der Waals surface area contributed by atoms with Gasteiger partial charge < -0.3 is 10.6 Å². The molecule has 144 valence electrons. The Kier molecular flexibility index (Phi) is 7.09. The van der Waals surface area contributed by atoms with Crippen LogP contribution in [0.25, 0.3) is 0 Å². The molecule has 0 aliphatic carbocycles. The maximum Gasteiger partial charge on any atom is 0.240 e. The molecule has 2 aromatic carbocycles. The second kappa shape index (κ2) is 9.29. The fourth-order valence-corrected chi connectivity index (χ4v) is 3.78. The molecule has 0 atom stereocenters. The molecule has 27 heavy (non-hydrogen) atoms. The van der Waals surface area contributed by atoms with Gasteiger partial charge in [0.15, 0.2) is 0 Å². The molecule has 0 aliphatic rings. The summed E-state index contributed by atoms with van der Waals surface area (Å²) in [4.78, 5) is 23.1. The largest absolute Gasteiger partial charge is 0.355 e. The summed E-state index contributed by atoms with van der Waals surface area (Å²) in [6.45, 7) is 3.26. The number of carbonyl (C=O) groups is 2. The number of anilines is 1. The van der Waals surface area contributed by atoms with Gasteiger partial charge >= 0.3 is 0 Å². The molecular formula is C19H23N3O4S. The van der Waals surface area contributed by atoms with Gasteiger partial charge in [0, 0.05) is 25.7 Å². The van der Waals surface area contributed by atoms with Crippen molar-refractivity contribution in [3.8, 4) is 0 Å². The standard InChI is InChI=1S/C19H23N3O4S/c1-14-8-9-17(22-15(2)23)13-18(14)27(25,26)21-11-10-20-19(24)12-16-6-4-3-5-7-16/h3-9,13,21H,10-12H2,1-2H3,(H,20,24)(H,22,23). The lowest BCUT2D eigenvalue weighted by Crippen LogP contribution is -2.35. The van der Waals surface area contributed by atoms with Gasteiger partial charge in [0.05, 0.1) is 11.3 Å². The van der Waals surface area contributed by atoms with Crippen molar-refractivity contribution in [2.45, 2.75) is 25.2 Å². The van der Waals surface area contributed by atoms with Crippen molar-refractivity contribution in [3.05, 3.63) is 59.7 Å². The molecule has 0 bridgehead atoms. The van der Waals surface area contributed by atoms with Crippen LogP contribution < -0.4 is 15.4 Å². The Labute approximate surface area is 159 Å². The van der Waals surface area contributed by atoms with E-state index in [0.717, 1.165) is 5.56 Å². The second-order valence-corrected chi connectivity index (χ2v) is 7.81. The van der Waals surface area contributed by atoms with E-state index in [1.54, 1.807) is 19.1 Å². The summed E-state index contributed by atoms with van der Waals surface area (Å²) in [6, 6.07) is 14.0. The smallest absolute Gasteiger partial charge is 0.240 e. The molecule has 2 amide bonds. The van der Waals surface area contributed by atoms with E-state index in [1.165, 1.54) is 13.0 Å². The molecule has 0 fully saturated rings.